The average Bonchev–Trinajstić information content (AvgIpc) is 3.35. The van der Waals surface area contributed by atoms with E-state index in [4.69, 9.17) is 0 Å². The van der Waals surface area contributed by atoms with Crippen LogP contribution in [0.2, 0.25) is 0 Å². The van der Waals surface area contributed by atoms with Gasteiger partial charge in [-0.05, 0) is 27.8 Å². The molecule has 0 aliphatic carbocycles. The van der Waals surface area contributed by atoms with Crippen LogP contribution in [0.25, 0.3) is 33.5 Å². The minimum atomic E-state index is -0.119. The van der Waals surface area contributed by atoms with E-state index in [0.29, 0.717) is 11.4 Å². The van der Waals surface area contributed by atoms with Gasteiger partial charge in [0.15, 0.2) is 5.82 Å². The van der Waals surface area contributed by atoms with Crippen molar-refractivity contribution in [1.29, 1.82) is 0 Å². The van der Waals surface area contributed by atoms with Crippen LogP contribution in [-0.2, 0) is 0 Å². The number of carbonyl (C=O) groups is 1. The largest absolute Gasteiger partial charge is 0.335 e. The van der Waals surface area contributed by atoms with E-state index in [1.165, 1.54) is 5.56 Å². The van der Waals surface area contributed by atoms with Gasteiger partial charge in [-0.15, -0.1) is 0 Å². The molecule has 148 valence electrons. The number of nitrogens with zero attached hydrogens (tertiary/aromatic N) is 1. The predicted octanol–water partition coefficient (Wildman–Crippen LogP) is 6.64. The maximum Gasteiger partial charge on any atom is 0.228 e. The molecule has 0 aliphatic heterocycles. The van der Waals surface area contributed by atoms with Gasteiger partial charge < -0.3 is 4.98 Å². The number of benzene rings is 4. The third-order valence-electron chi connectivity index (χ3n) is 5.35. The molecule has 0 radical (unpaired) electrons. The molecule has 0 amide bonds. The third kappa shape index (κ3) is 3.94. The van der Waals surface area contributed by atoms with Gasteiger partial charge in [-0.2, -0.15) is 0 Å². The summed E-state index contributed by atoms with van der Waals surface area (Å²) in [7, 11) is 0. The molecule has 0 saturated heterocycles. The number of rotatable bonds is 5. The molecular weight excluding hydrogens is 380 g/mol. The fraction of sp³-hybridized carbons (Fsp3) is 0. The van der Waals surface area contributed by atoms with Crippen LogP contribution in [0.15, 0.2) is 115 Å². The molecule has 31 heavy (non-hydrogen) atoms. The first-order chi connectivity index (χ1) is 15.3. The Hall–Kier alpha value is -4.24. The normalized spacial score (nSPS) is 10.7. The Morgan fingerprint density at radius 2 is 1.00 bits per heavy atom. The summed E-state index contributed by atoms with van der Waals surface area (Å²) < 4.78 is 0. The molecule has 0 saturated carbocycles. The van der Waals surface area contributed by atoms with Crippen molar-refractivity contribution in [1.82, 2.24) is 9.97 Å². The lowest BCUT2D eigenvalue weighted by Gasteiger charge is -2.04. The van der Waals surface area contributed by atoms with Gasteiger partial charge in [0.2, 0.25) is 5.78 Å². The molecule has 0 aliphatic rings. The van der Waals surface area contributed by atoms with Gasteiger partial charge in [0.1, 0.15) is 0 Å². The van der Waals surface area contributed by atoms with Crippen molar-refractivity contribution >= 4 is 5.78 Å². The van der Waals surface area contributed by atoms with Crippen molar-refractivity contribution in [3.63, 3.8) is 0 Å². The van der Waals surface area contributed by atoms with Gasteiger partial charge in [-0.1, -0.05) is 109 Å². The molecule has 0 bridgehead atoms. The van der Waals surface area contributed by atoms with Crippen LogP contribution in [0, 0.1) is 0 Å². The van der Waals surface area contributed by atoms with Gasteiger partial charge in [-0.3, -0.25) is 4.79 Å². The Kier molecular flexibility index (Phi) is 4.99. The van der Waals surface area contributed by atoms with Gasteiger partial charge in [0.05, 0.1) is 11.9 Å². The zero-order valence-corrected chi connectivity index (χ0v) is 16.8. The highest BCUT2D eigenvalue weighted by Gasteiger charge is 2.14. The van der Waals surface area contributed by atoms with Crippen LogP contribution >= 0.6 is 0 Å². The highest BCUT2D eigenvalue weighted by molar-refractivity contribution is 6.07. The van der Waals surface area contributed by atoms with Crippen molar-refractivity contribution in [3.05, 3.63) is 127 Å². The topological polar surface area (TPSA) is 45.8 Å². The van der Waals surface area contributed by atoms with Crippen LogP contribution in [0.1, 0.15) is 16.2 Å². The predicted molar refractivity (Wildman–Crippen MR) is 125 cm³/mol. The molecule has 0 unspecified atom stereocenters. The van der Waals surface area contributed by atoms with Crippen LogP contribution in [0.3, 0.4) is 0 Å². The molecule has 1 aromatic heterocycles. The first-order valence-corrected chi connectivity index (χ1v) is 10.2. The molecule has 3 heteroatoms. The SMILES string of the molecule is O=C(c1ccc(-c2ccccc2)cc1)c1ncc(-c2ccc(-c3ccccc3)cc2)[nH]1. The Morgan fingerprint density at radius 1 is 0.548 bits per heavy atom. The number of hydrogen-bond acceptors (Lipinski definition) is 2. The maximum atomic E-state index is 12.9. The van der Waals surface area contributed by atoms with E-state index in [-0.39, 0.29) is 5.78 Å². The second-order valence-electron chi connectivity index (χ2n) is 7.36. The van der Waals surface area contributed by atoms with E-state index >= 15 is 0 Å². The zero-order valence-electron chi connectivity index (χ0n) is 16.8. The summed E-state index contributed by atoms with van der Waals surface area (Å²) in [4.78, 5) is 20.4. The van der Waals surface area contributed by atoms with Gasteiger partial charge in [-0.25, -0.2) is 4.98 Å². The van der Waals surface area contributed by atoms with Crippen molar-refractivity contribution in [2.75, 3.05) is 0 Å². The molecule has 1 N–H and O–H groups in total. The van der Waals surface area contributed by atoms with Gasteiger partial charge >= 0.3 is 0 Å². The summed E-state index contributed by atoms with van der Waals surface area (Å²) in [5.74, 6) is 0.223. The van der Waals surface area contributed by atoms with Crippen LogP contribution in [-0.4, -0.2) is 15.8 Å². The number of aromatic amines is 1. The Balaban J connectivity index is 1.35. The molecule has 0 spiro atoms. The van der Waals surface area contributed by atoms with E-state index in [9.17, 15) is 4.79 Å². The number of hydrogen-bond donors (Lipinski definition) is 1. The Bertz CT molecular complexity index is 1300. The minimum Gasteiger partial charge on any atom is -0.335 e. The Labute approximate surface area is 181 Å². The molecule has 0 fully saturated rings. The quantitative estimate of drug-likeness (QED) is 0.336. The van der Waals surface area contributed by atoms with Crippen LogP contribution < -0.4 is 0 Å². The van der Waals surface area contributed by atoms with E-state index in [1.807, 2.05) is 72.8 Å². The number of ketones is 1. The molecule has 3 nitrogen and oxygen atoms in total. The summed E-state index contributed by atoms with van der Waals surface area (Å²) in [6.07, 6.45) is 1.71. The lowest BCUT2D eigenvalue weighted by atomic mass is 10.0. The fourth-order valence-electron chi connectivity index (χ4n) is 3.64. The highest BCUT2D eigenvalue weighted by Crippen LogP contribution is 2.25. The lowest BCUT2D eigenvalue weighted by Crippen LogP contribution is -2.03. The van der Waals surface area contributed by atoms with Crippen molar-refractivity contribution in [3.8, 4) is 33.5 Å². The van der Waals surface area contributed by atoms with E-state index < -0.39 is 0 Å². The fourth-order valence-corrected chi connectivity index (χ4v) is 3.64. The molecule has 1 heterocycles. The third-order valence-corrected chi connectivity index (χ3v) is 5.35. The smallest absolute Gasteiger partial charge is 0.228 e. The maximum absolute atomic E-state index is 12.9. The molecular formula is C28H20N2O. The van der Waals surface area contributed by atoms with Crippen molar-refractivity contribution < 1.29 is 4.79 Å². The summed E-state index contributed by atoms with van der Waals surface area (Å²) in [5, 5.41) is 0. The lowest BCUT2D eigenvalue weighted by molar-refractivity contribution is 0.103. The second-order valence-corrected chi connectivity index (χ2v) is 7.36. The molecule has 0 atom stereocenters. The van der Waals surface area contributed by atoms with Gasteiger partial charge in [0.25, 0.3) is 0 Å². The second kappa shape index (κ2) is 8.25. The summed E-state index contributed by atoms with van der Waals surface area (Å²) in [6.45, 7) is 0. The number of aromatic nitrogens is 2. The van der Waals surface area contributed by atoms with E-state index in [2.05, 4.69) is 46.4 Å². The zero-order chi connectivity index (χ0) is 21.0. The molecule has 4 aromatic carbocycles. The summed E-state index contributed by atoms with van der Waals surface area (Å²) in [5.41, 5.74) is 6.96. The highest BCUT2D eigenvalue weighted by atomic mass is 16.1. The molecule has 5 rings (SSSR count). The van der Waals surface area contributed by atoms with E-state index in [1.54, 1.807) is 6.20 Å². The first-order valence-electron chi connectivity index (χ1n) is 10.2. The van der Waals surface area contributed by atoms with Gasteiger partial charge in [0, 0.05) is 5.56 Å². The first kappa shape index (κ1) is 18.8. The van der Waals surface area contributed by atoms with Crippen molar-refractivity contribution in [2.24, 2.45) is 0 Å². The number of H-pyrrole nitrogens is 1. The standard InChI is InChI=1S/C28H20N2O/c31-27(25-17-13-23(14-18-25)21-9-5-2-6-10-21)28-29-19-26(30-28)24-15-11-22(12-16-24)20-7-3-1-4-8-20/h1-19H,(H,29,30). The number of nitrogens with one attached hydrogen (secondary N) is 1. The number of imidazole rings is 1. The molecule has 5 aromatic rings. The Morgan fingerprint density at radius 3 is 1.55 bits per heavy atom. The van der Waals surface area contributed by atoms with Crippen LogP contribution in [0.5, 0.6) is 0 Å². The minimum absolute atomic E-state index is 0.119. The monoisotopic (exact) mass is 400 g/mol. The number of carbonyl (C=O) groups excluding carboxylic acids is 1. The average molecular weight is 400 g/mol. The van der Waals surface area contributed by atoms with Crippen molar-refractivity contribution in [2.45, 2.75) is 0 Å². The summed E-state index contributed by atoms with van der Waals surface area (Å²) in [6, 6.07) is 36.2. The summed E-state index contributed by atoms with van der Waals surface area (Å²) >= 11 is 0. The van der Waals surface area contributed by atoms with E-state index in [0.717, 1.165) is 27.9 Å². The van der Waals surface area contributed by atoms with Crippen LogP contribution in [0.4, 0.5) is 0 Å².